The third-order valence-corrected chi connectivity index (χ3v) is 19.6. The highest BCUT2D eigenvalue weighted by Gasteiger charge is 2.40. The first-order chi connectivity index (χ1) is 40.8. The molecule has 20 nitrogen and oxygen atoms in total. The number of benzene rings is 4. The molecule has 3 fully saturated rings. The Morgan fingerprint density at radius 2 is 1.76 bits per heavy atom. The maximum Gasteiger partial charge on any atom is 0.293 e. The van der Waals surface area contributed by atoms with Crippen molar-refractivity contribution < 1.29 is 42.1 Å². The number of aromatic nitrogens is 2. The fourth-order valence-electron chi connectivity index (χ4n) is 12.2. The normalized spacial score (nSPS) is 19.2. The van der Waals surface area contributed by atoms with Gasteiger partial charge in [-0.2, -0.15) is 0 Å². The van der Waals surface area contributed by atoms with Crippen molar-refractivity contribution in [1.82, 2.24) is 34.7 Å². The highest BCUT2D eigenvalue weighted by Crippen LogP contribution is 2.44. The van der Waals surface area contributed by atoms with E-state index in [-0.39, 0.29) is 72.0 Å². The van der Waals surface area contributed by atoms with E-state index in [1.54, 1.807) is 48.3 Å². The van der Waals surface area contributed by atoms with E-state index in [0.717, 1.165) is 79.3 Å². The molecule has 23 heteroatoms. The van der Waals surface area contributed by atoms with Gasteiger partial charge in [0.15, 0.2) is 0 Å². The lowest BCUT2D eigenvalue weighted by Gasteiger charge is -2.39. The summed E-state index contributed by atoms with van der Waals surface area (Å²) in [5.74, 6) is -1.09. The molecule has 2 aromatic heterocycles. The molecule has 2 unspecified atom stereocenters. The summed E-state index contributed by atoms with van der Waals surface area (Å²) in [7, 11) is -4.68. The van der Waals surface area contributed by atoms with Gasteiger partial charge in [0.2, 0.25) is 17.7 Å². The maximum absolute atomic E-state index is 14.2. The number of allylic oxidation sites excluding steroid dienone is 1. The Morgan fingerprint density at radius 3 is 2.55 bits per heavy atom. The lowest BCUT2D eigenvalue weighted by molar-refractivity contribution is -0.384. The number of amides is 5. The van der Waals surface area contributed by atoms with E-state index in [4.69, 9.17) is 16.3 Å². The van der Waals surface area contributed by atoms with Crippen LogP contribution in [0.2, 0.25) is 5.02 Å². The Hall–Kier alpha value is -7.79. The van der Waals surface area contributed by atoms with E-state index in [2.05, 4.69) is 61.1 Å². The summed E-state index contributed by atoms with van der Waals surface area (Å²) in [5, 5.41) is 19.5. The second-order valence-electron chi connectivity index (χ2n) is 23.3. The Morgan fingerprint density at radius 1 is 0.953 bits per heavy atom. The van der Waals surface area contributed by atoms with Crippen LogP contribution in [0.3, 0.4) is 0 Å². The molecule has 0 saturated carbocycles. The third-order valence-electron chi connectivity index (χ3n) is 16.8. The molecule has 0 radical (unpaired) electrons. The Balaban J connectivity index is 0.706. The molecule has 3 saturated heterocycles. The first kappa shape index (κ1) is 59.0. The van der Waals surface area contributed by atoms with Gasteiger partial charge >= 0.3 is 0 Å². The van der Waals surface area contributed by atoms with Gasteiger partial charge < -0.3 is 29.7 Å². The van der Waals surface area contributed by atoms with Crippen molar-refractivity contribution in [2.75, 3.05) is 68.3 Å². The summed E-state index contributed by atoms with van der Waals surface area (Å²) in [5.41, 5.74) is 6.53. The van der Waals surface area contributed by atoms with Gasteiger partial charge in [0.05, 0.1) is 21.6 Å². The number of H-pyrrole nitrogens is 1. The van der Waals surface area contributed by atoms with Crippen LogP contribution in [0.1, 0.15) is 103 Å². The average molecular weight is 1210 g/mol. The number of carbonyl (C=O) groups is 5. The van der Waals surface area contributed by atoms with Gasteiger partial charge in [0.25, 0.3) is 27.5 Å². The lowest BCUT2D eigenvalue weighted by Crippen LogP contribution is -2.52. The van der Waals surface area contributed by atoms with Crippen LogP contribution in [-0.2, 0) is 31.0 Å². The number of carbonyl (C=O) groups excluding carboxylic acids is 5. The van der Waals surface area contributed by atoms with E-state index in [0.29, 0.717) is 66.8 Å². The molecule has 5 aliphatic rings. The fraction of sp³-hybridized carbons (Fsp3) is 0.387. The number of nitrogens with one attached hydrogen (secondary N) is 4. The van der Waals surface area contributed by atoms with Crippen molar-refractivity contribution in [1.29, 1.82) is 0 Å². The molecule has 4 N–H and O–H groups in total. The Bertz CT molecular complexity index is 3750. The number of pyridine rings is 1. The van der Waals surface area contributed by atoms with E-state index in [9.17, 15) is 42.5 Å². The molecule has 11 rings (SSSR count). The summed E-state index contributed by atoms with van der Waals surface area (Å²) in [4.78, 5) is 93.0. The molecule has 2 atom stereocenters. The number of hydrogen-bond acceptors (Lipinski definition) is 15. The first-order valence-electron chi connectivity index (χ1n) is 28.8. The predicted octanol–water partition coefficient (Wildman–Crippen LogP) is 9.81. The van der Waals surface area contributed by atoms with Gasteiger partial charge in [-0.1, -0.05) is 49.2 Å². The number of piperidine rings is 2. The molecular formula is C62H67ClN10O10S2. The number of piperazine rings is 1. The molecule has 5 amide bonds. The number of rotatable bonds is 19. The minimum absolute atomic E-state index is 0.0123. The molecule has 85 heavy (non-hydrogen) atoms. The van der Waals surface area contributed by atoms with Crippen LogP contribution >= 0.6 is 23.4 Å². The number of anilines is 2. The number of sulfonamides is 1. The van der Waals surface area contributed by atoms with Crippen molar-refractivity contribution >= 4 is 96.6 Å². The zero-order chi connectivity index (χ0) is 59.6. The van der Waals surface area contributed by atoms with E-state index in [1.807, 2.05) is 29.2 Å². The molecule has 1 aliphatic carbocycles. The Kier molecular flexibility index (Phi) is 17.4. The highest BCUT2D eigenvalue weighted by atomic mass is 35.5. The number of nitro groups is 1. The van der Waals surface area contributed by atoms with Crippen LogP contribution in [-0.4, -0.2) is 132 Å². The zero-order valence-corrected chi connectivity index (χ0v) is 49.8. The number of ether oxygens (including phenoxy) is 1. The number of aromatic amines is 1. The van der Waals surface area contributed by atoms with Crippen molar-refractivity contribution in [2.45, 2.75) is 94.0 Å². The Labute approximate surface area is 502 Å². The number of hydrogen-bond donors (Lipinski definition) is 4. The monoisotopic (exact) mass is 1210 g/mol. The number of thioether (sulfide) groups is 1. The highest BCUT2D eigenvalue weighted by molar-refractivity contribution is 7.99. The van der Waals surface area contributed by atoms with Crippen molar-refractivity contribution in [2.24, 2.45) is 11.3 Å². The standard InChI is InChI=1S/C62H67ClN10O10S2/c1-62(2)22-20-42(49(33-62)40-10-12-43(63)13-11-40)37-69-25-27-70(28-26-69)44-14-16-48(54(31-44)83-45-30-41-21-23-64-58(41)66-35-45)59(76)68-85(81,82)46-15-17-51(53(32-46)73(79)80)65-34-39-6-4-24-71(36-39)57(75)9-5-29-84-55-8-3-7-47-50(55)38-72(61(47)78)52-18-19-56(74)67-60(52)77/h3,7-8,10-17,21,23,30-32,35,39,52,65H,4-6,9,18-20,22,24-29,33-34,36-38H2,1-2H3,(H,64,66)(H,68,76)(H,67,74,77). The molecule has 0 bridgehead atoms. The van der Waals surface area contributed by atoms with Crippen LogP contribution in [0.5, 0.6) is 11.5 Å². The third kappa shape index (κ3) is 13.5. The van der Waals surface area contributed by atoms with Gasteiger partial charge in [0, 0.05) is 117 Å². The largest absolute Gasteiger partial charge is 0.455 e. The van der Waals surface area contributed by atoms with Crippen LogP contribution in [0.15, 0.2) is 119 Å². The zero-order valence-electron chi connectivity index (χ0n) is 47.4. The summed E-state index contributed by atoms with van der Waals surface area (Å²) < 4.78 is 36.5. The first-order valence-corrected chi connectivity index (χ1v) is 31.7. The summed E-state index contributed by atoms with van der Waals surface area (Å²) in [6.45, 7) is 10.0. The van der Waals surface area contributed by atoms with Crippen molar-refractivity contribution in [3.05, 3.63) is 146 Å². The average Bonchev–Trinajstić information content (AvgIpc) is 3.38. The minimum Gasteiger partial charge on any atom is -0.455 e. The second kappa shape index (κ2) is 25.0. The SMILES string of the molecule is CC1(C)CCC(CN2CCN(c3ccc(C(=O)NS(=O)(=O)c4ccc(NCC5CCCN(C(=O)CCCSc6cccc7c6CN(C6CCC(=O)NC6=O)C7=O)C5)c([N+](=O)[O-])c4)c(Oc4cnc5[nH]ccc5c4)c3)CC2)=C(c2ccc(Cl)cc2)C1. The quantitative estimate of drug-likeness (QED) is 0.0194. The summed E-state index contributed by atoms with van der Waals surface area (Å²) >= 11 is 7.82. The molecule has 0 spiro atoms. The number of imide groups is 1. The van der Waals surface area contributed by atoms with Crippen molar-refractivity contribution in [3.8, 4) is 11.5 Å². The molecule has 4 aliphatic heterocycles. The van der Waals surface area contributed by atoms with Gasteiger partial charge in [-0.15, -0.1) is 11.8 Å². The maximum atomic E-state index is 14.2. The molecule has 6 aromatic rings. The smallest absolute Gasteiger partial charge is 0.293 e. The minimum atomic E-state index is -4.68. The van der Waals surface area contributed by atoms with Crippen LogP contribution in [0, 0.1) is 21.4 Å². The number of fused-ring (bicyclic) bond motifs is 2. The van der Waals surface area contributed by atoms with Crippen LogP contribution in [0.25, 0.3) is 16.6 Å². The predicted molar refractivity (Wildman–Crippen MR) is 325 cm³/mol. The van der Waals surface area contributed by atoms with Gasteiger partial charge in [-0.3, -0.25) is 44.3 Å². The van der Waals surface area contributed by atoms with E-state index >= 15 is 0 Å². The van der Waals surface area contributed by atoms with Gasteiger partial charge in [-0.05, 0) is 139 Å². The summed E-state index contributed by atoms with van der Waals surface area (Å²) in [6, 6.07) is 24.9. The molecule has 6 heterocycles. The van der Waals surface area contributed by atoms with E-state index < -0.39 is 43.4 Å². The molecule has 444 valence electrons. The molecule has 4 aromatic carbocycles. The number of halogens is 1. The fourth-order valence-corrected chi connectivity index (χ4v) is 14.3. The van der Waals surface area contributed by atoms with Gasteiger partial charge in [-0.25, -0.2) is 18.1 Å². The summed E-state index contributed by atoms with van der Waals surface area (Å²) in [6.07, 6.45) is 9.20. The number of likely N-dealkylation sites (tertiary alicyclic amines) is 1. The van der Waals surface area contributed by atoms with Gasteiger partial charge in [0.1, 0.15) is 28.9 Å². The number of nitro benzene ring substituents is 1. The van der Waals surface area contributed by atoms with Crippen molar-refractivity contribution in [3.63, 3.8) is 0 Å². The van der Waals surface area contributed by atoms with E-state index in [1.165, 1.54) is 46.0 Å². The number of nitrogens with zero attached hydrogens (tertiary/aromatic N) is 6. The lowest BCUT2D eigenvalue weighted by atomic mass is 9.72. The second-order valence-corrected chi connectivity index (χ2v) is 26.6. The molecular weight excluding hydrogens is 1140 g/mol. The topological polar surface area (TPSA) is 250 Å². The van der Waals surface area contributed by atoms with Crippen LogP contribution < -0.4 is 25.0 Å². The van der Waals surface area contributed by atoms with Crippen LogP contribution in [0.4, 0.5) is 17.1 Å².